The molecule has 4 aliphatic rings. The minimum atomic E-state index is -0.917. The van der Waals surface area contributed by atoms with E-state index in [1.54, 1.807) is 0 Å². The zero-order valence-corrected chi connectivity index (χ0v) is 22.1. The molecule has 2 N–H and O–H groups in total. The SMILES string of the molecule is COC(=O)[C@@H]1CCCN(C(=O)[C@@H](NC(=O)[C@@H]2OC[C@@H]2C)[C@@H](c2nc(Br)cs2)N2CC3(COC3)C2)N1. The summed E-state index contributed by atoms with van der Waals surface area (Å²) in [5.41, 5.74) is 3.12. The summed E-state index contributed by atoms with van der Waals surface area (Å²) in [6, 6.07) is -2.00. The first-order chi connectivity index (χ1) is 16.8. The molecule has 1 aromatic rings. The van der Waals surface area contributed by atoms with Gasteiger partial charge in [-0.25, -0.2) is 10.4 Å². The highest BCUT2D eigenvalue weighted by atomic mass is 79.9. The van der Waals surface area contributed by atoms with Crippen molar-refractivity contribution in [3.8, 4) is 0 Å². The summed E-state index contributed by atoms with van der Waals surface area (Å²) >= 11 is 4.87. The number of aromatic nitrogens is 1. The summed E-state index contributed by atoms with van der Waals surface area (Å²) in [6.45, 7) is 5.79. The van der Waals surface area contributed by atoms with Crippen LogP contribution in [0.25, 0.3) is 0 Å². The molecule has 4 saturated heterocycles. The van der Waals surface area contributed by atoms with E-state index in [9.17, 15) is 14.4 Å². The van der Waals surface area contributed by atoms with E-state index in [0.29, 0.717) is 43.8 Å². The fourth-order valence-corrected chi connectivity index (χ4v) is 6.59. The molecule has 0 unspecified atom stereocenters. The lowest BCUT2D eigenvalue weighted by Gasteiger charge is -2.58. The Labute approximate surface area is 215 Å². The van der Waals surface area contributed by atoms with Crippen molar-refractivity contribution in [1.82, 2.24) is 25.6 Å². The molecule has 0 radical (unpaired) electrons. The van der Waals surface area contributed by atoms with Crippen LogP contribution < -0.4 is 10.7 Å². The van der Waals surface area contributed by atoms with Gasteiger partial charge in [0.05, 0.1) is 33.0 Å². The molecule has 13 heteroatoms. The minimum Gasteiger partial charge on any atom is -0.468 e. The molecule has 5 rings (SSSR count). The van der Waals surface area contributed by atoms with Crippen LogP contribution in [-0.4, -0.2) is 97.4 Å². The number of esters is 1. The largest absolute Gasteiger partial charge is 0.468 e. The lowest BCUT2D eigenvalue weighted by Crippen LogP contribution is -2.70. The van der Waals surface area contributed by atoms with Gasteiger partial charge in [-0.2, -0.15) is 0 Å². The van der Waals surface area contributed by atoms with Crippen LogP contribution in [0.15, 0.2) is 9.98 Å². The van der Waals surface area contributed by atoms with E-state index in [4.69, 9.17) is 14.2 Å². The Morgan fingerprint density at radius 3 is 2.69 bits per heavy atom. The van der Waals surface area contributed by atoms with Gasteiger partial charge < -0.3 is 19.5 Å². The number of likely N-dealkylation sites (tertiary alicyclic amines) is 1. The Kier molecular flexibility index (Phi) is 7.16. The molecule has 1 spiro atoms. The molecule has 1 aromatic heterocycles. The number of nitrogens with zero attached hydrogens (tertiary/aromatic N) is 3. The van der Waals surface area contributed by atoms with Crippen LogP contribution in [0.5, 0.6) is 0 Å². The topological polar surface area (TPSA) is 122 Å². The van der Waals surface area contributed by atoms with E-state index >= 15 is 0 Å². The molecule has 0 aromatic carbocycles. The molecule has 4 fully saturated rings. The number of amides is 2. The van der Waals surface area contributed by atoms with Crippen LogP contribution in [0.1, 0.15) is 30.8 Å². The van der Waals surface area contributed by atoms with Crippen molar-refractivity contribution in [2.45, 2.75) is 44.0 Å². The molecule has 5 heterocycles. The van der Waals surface area contributed by atoms with E-state index in [2.05, 4.69) is 36.6 Å². The predicted octanol–water partition coefficient (Wildman–Crippen LogP) is 0.467. The van der Waals surface area contributed by atoms with Crippen molar-refractivity contribution in [2.75, 3.05) is 46.6 Å². The summed E-state index contributed by atoms with van der Waals surface area (Å²) in [6.07, 6.45) is 0.617. The van der Waals surface area contributed by atoms with Crippen LogP contribution in [0.3, 0.4) is 0 Å². The van der Waals surface area contributed by atoms with E-state index in [-0.39, 0.29) is 23.1 Å². The molecule has 11 nitrogen and oxygen atoms in total. The molecule has 5 atom stereocenters. The molecule has 192 valence electrons. The Balaban J connectivity index is 1.43. The Hall–Kier alpha value is -1.64. The molecule has 0 bridgehead atoms. The van der Waals surface area contributed by atoms with E-state index in [0.717, 1.165) is 18.1 Å². The number of nitrogens with one attached hydrogen (secondary N) is 2. The number of hydrogen-bond acceptors (Lipinski definition) is 10. The fourth-order valence-electron chi connectivity index (χ4n) is 5.15. The second-order valence-electron chi connectivity index (χ2n) is 9.91. The van der Waals surface area contributed by atoms with Crippen molar-refractivity contribution in [3.63, 3.8) is 0 Å². The number of ether oxygens (including phenoxy) is 3. The Morgan fingerprint density at radius 1 is 1.37 bits per heavy atom. The maximum Gasteiger partial charge on any atom is 0.324 e. The van der Waals surface area contributed by atoms with Crippen LogP contribution in [0.4, 0.5) is 0 Å². The van der Waals surface area contributed by atoms with Crippen LogP contribution >= 0.6 is 27.3 Å². The summed E-state index contributed by atoms with van der Waals surface area (Å²) in [7, 11) is 1.33. The van der Waals surface area contributed by atoms with Gasteiger partial charge in [-0.15, -0.1) is 11.3 Å². The fraction of sp³-hybridized carbons (Fsp3) is 0.727. The second-order valence-corrected chi connectivity index (χ2v) is 11.6. The second kappa shape index (κ2) is 10.0. The molecule has 2 amide bonds. The van der Waals surface area contributed by atoms with Gasteiger partial charge in [-0.3, -0.25) is 24.3 Å². The maximum absolute atomic E-state index is 14.0. The van der Waals surface area contributed by atoms with Gasteiger partial charge in [0.1, 0.15) is 27.8 Å². The number of halogens is 1. The van der Waals surface area contributed by atoms with Gasteiger partial charge in [0, 0.05) is 36.3 Å². The van der Waals surface area contributed by atoms with Gasteiger partial charge in [0.15, 0.2) is 0 Å². The molecule has 35 heavy (non-hydrogen) atoms. The quantitative estimate of drug-likeness (QED) is 0.449. The first kappa shape index (κ1) is 25.0. The third-order valence-electron chi connectivity index (χ3n) is 7.17. The normalized spacial score (nSPS) is 29.3. The third-order valence-corrected chi connectivity index (χ3v) is 8.79. The lowest BCUT2D eigenvalue weighted by molar-refractivity contribution is -0.203. The monoisotopic (exact) mass is 571 g/mol. The van der Waals surface area contributed by atoms with E-state index in [1.807, 2.05) is 12.3 Å². The van der Waals surface area contributed by atoms with Crippen molar-refractivity contribution >= 4 is 45.1 Å². The highest BCUT2D eigenvalue weighted by molar-refractivity contribution is 9.10. The number of rotatable bonds is 7. The number of thiazole rings is 1. The van der Waals surface area contributed by atoms with E-state index < -0.39 is 30.2 Å². The molecular formula is C22H30BrN5O6S. The standard InChI is InChI=1S/C22H30BrN5O6S/c1-12-6-34-17(12)18(29)25-15(20(30)28-5-3-4-13(26-28)21(31)32-2)16(19-24-14(23)7-35-19)27-8-22(9-27)10-33-11-22/h7,12-13,15-17,26H,3-6,8-11H2,1-2H3,(H,25,29)/t12-,13-,15-,16-,17+/m0/s1. The van der Waals surface area contributed by atoms with Gasteiger partial charge in [-0.05, 0) is 28.8 Å². The Morgan fingerprint density at radius 2 is 2.14 bits per heavy atom. The van der Waals surface area contributed by atoms with Crippen molar-refractivity contribution in [2.24, 2.45) is 11.3 Å². The van der Waals surface area contributed by atoms with Crippen LogP contribution in [-0.2, 0) is 28.6 Å². The predicted molar refractivity (Wildman–Crippen MR) is 128 cm³/mol. The van der Waals surface area contributed by atoms with Crippen LogP contribution in [0.2, 0.25) is 0 Å². The summed E-state index contributed by atoms with van der Waals surface area (Å²) < 4.78 is 16.5. The molecule has 0 aliphatic carbocycles. The molecule has 4 aliphatic heterocycles. The average Bonchev–Trinajstić information content (AvgIpc) is 3.22. The van der Waals surface area contributed by atoms with Crippen molar-refractivity contribution in [3.05, 3.63) is 15.0 Å². The molecule has 0 saturated carbocycles. The van der Waals surface area contributed by atoms with Crippen molar-refractivity contribution in [1.29, 1.82) is 0 Å². The highest BCUT2D eigenvalue weighted by Gasteiger charge is 2.54. The smallest absolute Gasteiger partial charge is 0.324 e. The zero-order valence-electron chi connectivity index (χ0n) is 19.7. The highest BCUT2D eigenvalue weighted by Crippen LogP contribution is 2.44. The maximum atomic E-state index is 14.0. The lowest BCUT2D eigenvalue weighted by atomic mass is 9.76. The summed E-state index contributed by atoms with van der Waals surface area (Å²) in [5, 5.41) is 7.04. The van der Waals surface area contributed by atoms with Gasteiger partial charge in [0.25, 0.3) is 5.91 Å². The summed E-state index contributed by atoms with van der Waals surface area (Å²) in [4.78, 5) is 46.1. The van der Waals surface area contributed by atoms with Gasteiger partial charge in [-0.1, -0.05) is 6.92 Å². The number of methoxy groups -OCH3 is 1. The number of carbonyl (C=O) groups excluding carboxylic acids is 3. The number of carbonyl (C=O) groups is 3. The minimum absolute atomic E-state index is 0.0782. The first-order valence-corrected chi connectivity index (χ1v) is 13.5. The van der Waals surface area contributed by atoms with E-state index in [1.165, 1.54) is 23.5 Å². The van der Waals surface area contributed by atoms with Gasteiger partial charge >= 0.3 is 5.97 Å². The average molecular weight is 572 g/mol. The first-order valence-electron chi connectivity index (χ1n) is 11.8. The molecular weight excluding hydrogens is 542 g/mol. The van der Waals surface area contributed by atoms with Crippen LogP contribution in [0, 0.1) is 11.3 Å². The number of hydrazine groups is 1. The number of hydrogen-bond donors (Lipinski definition) is 2. The van der Waals surface area contributed by atoms with Gasteiger partial charge in [0.2, 0.25) is 5.91 Å². The zero-order chi connectivity index (χ0) is 24.7. The van der Waals surface area contributed by atoms with Crippen molar-refractivity contribution < 1.29 is 28.6 Å². The summed E-state index contributed by atoms with van der Waals surface area (Å²) in [5.74, 6) is -0.975. The third kappa shape index (κ3) is 4.86. The Bertz CT molecular complexity index is 981.